The van der Waals surface area contributed by atoms with Crippen LogP contribution in [-0.2, 0) is 11.3 Å². The van der Waals surface area contributed by atoms with Crippen LogP contribution in [0.25, 0.3) is 0 Å². The van der Waals surface area contributed by atoms with Crippen LogP contribution in [-0.4, -0.2) is 22.6 Å². The van der Waals surface area contributed by atoms with Gasteiger partial charge >= 0.3 is 5.97 Å². The fourth-order valence-electron chi connectivity index (χ4n) is 1.97. The van der Waals surface area contributed by atoms with E-state index < -0.39 is 5.97 Å². The Balaban J connectivity index is 2.28. The Morgan fingerprint density at radius 3 is 2.75 bits per heavy atom. The van der Waals surface area contributed by atoms with Gasteiger partial charge in [0.2, 0.25) is 0 Å². The molecule has 4 nitrogen and oxygen atoms in total. The van der Waals surface area contributed by atoms with Crippen molar-refractivity contribution in [2.75, 3.05) is 11.4 Å². The predicted molar refractivity (Wildman–Crippen MR) is 81.7 cm³/mol. The molecule has 2 aromatic rings. The Labute approximate surface area is 126 Å². The maximum Gasteiger partial charge on any atom is 0.323 e. The lowest BCUT2D eigenvalue weighted by Crippen LogP contribution is -2.29. The number of aromatic nitrogens is 1. The number of carbonyl (C=O) groups is 1. The van der Waals surface area contributed by atoms with Crippen LogP contribution in [0.15, 0.2) is 24.3 Å². The maximum atomic E-state index is 11.1. The van der Waals surface area contributed by atoms with E-state index in [0.717, 1.165) is 21.3 Å². The van der Waals surface area contributed by atoms with E-state index in [2.05, 4.69) is 4.98 Å². The SMILES string of the molecule is Cc1nc(C)c(CN(CC(=O)O)c2cccc(Cl)c2)s1. The fraction of sp³-hybridized carbons (Fsp3) is 0.286. The minimum atomic E-state index is -0.871. The lowest BCUT2D eigenvalue weighted by molar-refractivity contribution is -0.135. The summed E-state index contributed by atoms with van der Waals surface area (Å²) in [5, 5.41) is 10.7. The molecule has 0 amide bonds. The number of hydrogen-bond acceptors (Lipinski definition) is 4. The van der Waals surface area contributed by atoms with Crippen molar-refractivity contribution in [1.29, 1.82) is 0 Å². The molecule has 0 aliphatic rings. The summed E-state index contributed by atoms with van der Waals surface area (Å²) in [5.74, 6) is -0.871. The number of benzene rings is 1. The van der Waals surface area contributed by atoms with Gasteiger partial charge in [0.1, 0.15) is 6.54 Å². The molecule has 1 heterocycles. The zero-order chi connectivity index (χ0) is 14.7. The first-order valence-corrected chi connectivity index (χ1v) is 7.30. The average Bonchev–Trinajstić information content (AvgIpc) is 2.66. The van der Waals surface area contributed by atoms with Gasteiger partial charge in [0.15, 0.2) is 0 Å². The Hall–Kier alpha value is -1.59. The van der Waals surface area contributed by atoms with Crippen molar-refractivity contribution in [3.63, 3.8) is 0 Å². The van der Waals surface area contributed by atoms with Gasteiger partial charge in [-0.05, 0) is 32.0 Å². The van der Waals surface area contributed by atoms with Crippen molar-refractivity contribution in [3.05, 3.63) is 44.9 Å². The highest BCUT2D eigenvalue weighted by molar-refractivity contribution is 7.11. The lowest BCUT2D eigenvalue weighted by Gasteiger charge is -2.22. The second kappa shape index (κ2) is 6.24. The molecule has 0 radical (unpaired) electrons. The first-order valence-electron chi connectivity index (χ1n) is 6.11. The van der Waals surface area contributed by atoms with E-state index in [1.54, 1.807) is 28.4 Å². The summed E-state index contributed by atoms with van der Waals surface area (Å²) >= 11 is 7.57. The number of carboxylic acids is 1. The molecule has 0 aliphatic carbocycles. The molecule has 1 N–H and O–H groups in total. The summed E-state index contributed by atoms with van der Waals surface area (Å²) in [6, 6.07) is 7.22. The van der Waals surface area contributed by atoms with Crippen molar-refractivity contribution in [3.8, 4) is 0 Å². The molecule has 0 saturated heterocycles. The molecular formula is C14H15ClN2O2S. The number of nitrogens with zero attached hydrogens (tertiary/aromatic N) is 2. The standard InChI is InChI=1S/C14H15ClN2O2S/c1-9-13(20-10(2)16-9)7-17(8-14(18)19)12-5-3-4-11(15)6-12/h3-6H,7-8H2,1-2H3,(H,18,19). The van der Waals surface area contributed by atoms with E-state index in [0.29, 0.717) is 11.6 Å². The van der Waals surface area contributed by atoms with Crippen LogP contribution in [0.1, 0.15) is 15.6 Å². The van der Waals surface area contributed by atoms with Crippen LogP contribution >= 0.6 is 22.9 Å². The summed E-state index contributed by atoms with van der Waals surface area (Å²) in [6.45, 7) is 4.33. The Bertz CT molecular complexity index is 627. The summed E-state index contributed by atoms with van der Waals surface area (Å²) in [6.07, 6.45) is 0. The number of halogens is 1. The van der Waals surface area contributed by atoms with Gasteiger partial charge in [-0.15, -0.1) is 11.3 Å². The van der Waals surface area contributed by atoms with Gasteiger partial charge < -0.3 is 10.0 Å². The second-order valence-corrected chi connectivity index (χ2v) is 6.20. The number of carboxylic acid groups (broad SMARTS) is 1. The monoisotopic (exact) mass is 310 g/mol. The minimum Gasteiger partial charge on any atom is -0.480 e. The molecule has 0 spiro atoms. The molecule has 0 atom stereocenters. The van der Waals surface area contributed by atoms with Gasteiger partial charge in [0.25, 0.3) is 0 Å². The van der Waals surface area contributed by atoms with E-state index in [9.17, 15) is 4.79 Å². The van der Waals surface area contributed by atoms with E-state index >= 15 is 0 Å². The van der Waals surface area contributed by atoms with Crippen molar-refractivity contribution in [2.24, 2.45) is 0 Å². The molecule has 2 rings (SSSR count). The molecule has 106 valence electrons. The number of aliphatic carboxylic acids is 1. The molecule has 1 aromatic heterocycles. The van der Waals surface area contributed by atoms with Gasteiger partial charge in [-0.1, -0.05) is 17.7 Å². The highest BCUT2D eigenvalue weighted by atomic mass is 35.5. The lowest BCUT2D eigenvalue weighted by atomic mass is 10.2. The highest BCUT2D eigenvalue weighted by Gasteiger charge is 2.15. The van der Waals surface area contributed by atoms with Crippen molar-refractivity contribution in [1.82, 2.24) is 4.98 Å². The molecule has 0 bridgehead atoms. The number of rotatable bonds is 5. The van der Waals surface area contributed by atoms with Gasteiger partial charge in [0, 0.05) is 15.6 Å². The molecule has 0 fully saturated rings. The normalized spacial score (nSPS) is 10.6. The van der Waals surface area contributed by atoms with Crippen LogP contribution in [0.3, 0.4) is 0 Å². The molecule has 0 aliphatic heterocycles. The minimum absolute atomic E-state index is 0.0727. The summed E-state index contributed by atoms with van der Waals surface area (Å²) in [5.41, 5.74) is 1.75. The van der Waals surface area contributed by atoms with E-state index in [1.807, 2.05) is 26.0 Å². The predicted octanol–water partition coefficient (Wildman–Crippen LogP) is 3.50. The van der Waals surface area contributed by atoms with Gasteiger partial charge in [-0.2, -0.15) is 0 Å². The quantitative estimate of drug-likeness (QED) is 0.918. The van der Waals surface area contributed by atoms with Crippen LogP contribution in [0.2, 0.25) is 5.02 Å². The van der Waals surface area contributed by atoms with E-state index in [-0.39, 0.29) is 6.54 Å². The topological polar surface area (TPSA) is 53.4 Å². The largest absolute Gasteiger partial charge is 0.480 e. The first-order chi connectivity index (χ1) is 9.45. The molecule has 6 heteroatoms. The summed E-state index contributed by atoms with van der Waals surface area (Å²) in [7, 11) is 0. The summed E-state index contributed by atoms with van der Waals surface area (Å²) in [4.78, 5) is 18.3. The molecular weight excluding hydrogens is 296 g/mol. The van der Waals surface area contributed by atoms with Gasteiger partial charge in [-0.25, -0.2) is 4.98 Å². The first kappa shape index (κ1) is 14.8. The van der Waals surface area contributed by atoms with Crippen LogP contribution in [0.5, 0.6) is 0 Å². The van der Waals surface area contributed by atoms with E-state index in [1.165, 1.54) is 0 Å². The fourth-order valence-corrected chi connectivity index (χ4v) is 3.11. The average molecular weight is 311 g/mol. The van der Waals surface area contributed by atoms with Gasteiger partial charge in [0.05, 0.1) is 17.2 Å². The Morgan fingerprint density at radius 2 is 2.20 bits per heavy atom. The third-order valence-electron chi connectivity index (χ3n) is 2.83. The Kier molecular flexibility index (Phi) is 4.62. The number of thiazole rings is 1. The maximum absolute atomic E-state index is 11.1. The van der Waals surface area contributed by atoms with Crippen molar-refractivity contribution in [2.45, 2.75) is 20.4 Å². The number of anilines is 1. The van der Waals surface area contributed by atoms with E-state index in [4.69, 9.17) is 16.7 Å². The highest BCUT2D eigenvalue weighted by Crippen LogP contribution is 2.25. The zero-order valence-corrected chi connectivity index (χ0v) is 12.8. The third kappa shape index (κ3) is 3.71. The van der Waals surface area contributed by atoms with Crippen LogP contribution < -0.4 is 4.90 Å². The van der Waals surface area contributed by atoms with Crippen molar-refractivity contribution < 1.29 is 9.90 Å². The van der Waals surface area contributed by atoms with Crippen LogP contribution in [0, 0.1) is 13.8 Å². The van der Waals surface area contributed by atoms with Crippen LogP contribution in [0.4, 0.5) is 5.69 Å². The zero-order valence-electron chi connectivity index (χ0n) is 11.3. The second-order valence-electron chi connectivity index (χ2n) is 4.47. The summed E-state index contributed by atoms with van der Waals surface area (Å²) < 4.78 is 0. The molecule has 20 heavy (non-hydrogen) atoms. The molecule has 0 saturated carbocycles. The molecule has 1 aromatic carbocycles. The molecule has 0 unspecified atom stereocenters. The Morgan fingerprint density at radius 1 is 1.45 bits per heavy atom. The van der Waals surface area contributed by atoms with Crippen molar-refractivity contribution >= 4 is 34.6 Å². The smallest absolute Gasteiger partial charge is 0.323 e. The number of aryl methyl sites for hydroxylation is 2. The third-order valence-corrected chi connectivity index (χ3v) is 4.13. The number of hydrogen-bond donors (Lipinski definition) is 1. The van der Waals surface area contributed by atoms with Gasteiger partial charge in [-0.3, -0.25) is 4.79 Å².